The van der Waals surface area contributed by atoms with Gasteiger partial charge in [0, 0.05) is 5.02 Å². The second kappa shape index (κ2) is 6.84. The summed E-state index contributed by atoms with van der Waals surface area (Å²) in [5, 5.41) is 0.789. The van der Waals surface area contributed by atoms with E-state index in [9.17, 15) is 0 Å². The van der Waals surface area contributed by atoms with Gasteiger partial charge in [0.25, 0.3) is 0 Å². The van der Waals surface area contributed by atoms with Crippen molar-refractivity contribution in [3.8, 4) is 11.1 Å². The van der Waals surface area contributed by atoms with Crippen molar-refractivity contribution in [1.82, 2.24) is 0 Å². The van der Waals surface area contributed by atoms with E-state index in [1.165, 1.54) is 44.5 Å². The van der Waals surface area contributed by atoms with Crippen LogP contribution in [-0.2, 0) is 16.2 Å². The number of benzene rings is 4. The SMILES string of the molecule is CC1(C)CC(C)(C)c2cc3c(cc21)-c1cc(Cl)ccc1C3(c1ccccc1)c1ccccc1. The molecule has 0 aliphatic heterocycles. The van der Waals surface area contributed by atoms with E-state index in [0.717, 1.165) is 11.4 Å². The van der Waals surface area contributed by atoms with E-state index in [1.807, 2.05) is 0 Å². The Morgan fingerprint density at radius 3 is 1.64 bits per heavy atom. The molecule has 4 aromatic rings. The molecule has 0 bridgehead atoms. The summed E-state index contributed by atoms with van der Waals surface area (Å²) in [4.78, 5) is 0. The summed E-state index contributed by atoms with van der Waals surface area (Å²) in [5.41, 5.74) is 10.8. The van der Waals surface area contributed by atoms with Crippen molar-refractivity contribution in [3.05, 3.63) is 129 Å². The highest BCUT2D eigenvalue weighted by Gasteiger charge is 2.49. The Hall–Kier alpha value is -2.83. The molecule has 6 rings (SSSR count). The molecule has 0 atom stereocenters. The van der Waals surface area contributed by atoms with Crippen LogP contribution in [0.5, 0.6) is 0 Å². The first-order valence-electron chi connectivity index (χ1n) is 11.9. The van der Waals surface area contributed by atoms with Gasteiger partial charge in [0.15, 0.2) is 0 Å². The van der Waals surface area contributed by atoms with Crippen LogP contribution in [0.2, 0.25) is 5.02 Å². The van der Waals surface area contributed by atoms with Crippen molar-refractivity contribution < 1.29 is 0 Å². The van der Waals surface area contributed by atoms with Gasteiger partial charge in [-0.05, 0) is 80.0 Å². The molecule has 2 aliphatic rings. The van der Waals surface area contributed by atoms with Crippen molar-refractivity contribution in [2.45, 2.75) is 50.4 Å². The van der Waals surface area contributed by atoms with Crippen LogP contribution >= 0.6 is 11.6 Å². The number of hydrogen-bond acceptors (Lipinski definition) is 0. The normalized spacial score (nSPS) is 18.5. The Bertz CT molecular complexity index is 1340. The van der Waals surface area contributed by atoms with Crippen LogP contribution in [0.15, 0.2) is 91.0 Å². The van der Waals surface area contributed by atoms with Gasteiger partial charge < -0.3 is 0 Å². The van der Waals surface area contributed by atoms with Crippen molar-refractivity contribution in [3.63, 3.8) is 0 Å². The summed E-state index contributed by atoms with van der Waals surface area (Å²) < 4.78 is 0. The molecule has 4 aromatic carbocycles. The topological polar surface area (TPSA) is 0 Å². The Morgan fingerprint density at radius 1 is 0.545 bits per heavy atom. The molecule has 0 saturated carbocycles. The number of fused-ring (bicyclic) bond motifs is 4. The molecule has 0 aromatic heterocycles. The number of rotatable bonds is 2. The lowest BCUT2D eigenvalue weighted by atomic mass is 9.67. The predicted molar refractivity (Wildman–Crippen MR) is 139 cm³/mol. The fraction of sp³-hybridized carbons (Fsp3) is 0.250. The lowest BCUT2D eigenvalue weighted by molar-refractivity contribution is 0.403. The Morgan fingerprint density at radius 2 is 1.06 bits per heavy atom. The van der Waals surface area contributed by atoms with Crippen LogP contribution in [0.4, 0.5) is 0 Å². The third-order valence-corrected chi connectivity index (χ3v) is 8.23. The highest BCUT2D eigenvalue weighted by molar-refractivity contribution is 6.31. The molecule has 0 amide bonds. The predicted octanol–water partition coefficient (Wildman–Crippen LogP) is 8.66. The lowest BCUT2D eigenvalue weighted by Crippen LogP contribution is -2.29. The van der Waals surface area contributed by atoms with E-state index >= 15 is 0 Å². The average molecular weight is 449 g/mol. The van der Waals surface area contributed by atoms with Gasteiger partial charge in [0.05, 0.1) is 5.41 Å². The van der Waals surface area contributed by atoms with Crippen LogP contribution in [0.3, 0.4) is 0 Å². The largest absolute Gasteiger partial charge is 0.0843 e. The van der Waals surface area contributed by atoms with Gasteiger partial charge >= 0.3 is 0 Å². The summed E-state index contributed by atoms with van der Waals surface area (Å²) in [6.45, 7) is 9.59. The van der Waals surface area contributed by atoms with Crippen LogP contribution in [0.1, 0.15) is 67.5 Å². The molecule has 0 spiro atoms. The van der Waals surface area contributed by atoms with Gasteiger partial charge in [-0.15, -0.1) is 0 Å². The molecule has 0 unspecified atom stereocenters. The smallest absolute Gasteiger partial charge is 0.0713 e. The molecule has 33 heavy (non-hydrogen) atoms. The van der Waals surface area contributed by atoms with E-state index in [-0.39, 0.29) is 16.2 Å². The van der Waals surface area contributed by atoms with Crippen LogP contribution < -0.4 is 0 Å². The van der Waals surface area contributed by atoms with Gasteiger partial charge in [0.1, 0.15) is 0 Å². The molecule has 0 heterocycles. The van der Waals surface area contributed by atoms with E-state index in [0.29, 0.717) is 0 Å². The molecular weight excluding hydrogens is 420 g/mol. The molecule has 164 valence electrons. The first-order chi connectivity index (χ1) is 15.7. The molecule has 0 N–H and O–H groups in total. The van der Waals surface area contributed by atoms with Gasteiger partial charge in [-0.3, -0.25) is 0 Å². The van der Waals surface area contributed by atoms with Gasteiger partial charge in [-0.1, -0.05) is 112 Å². The Balaban J connectivity index is 1.81. The zero-order chi connectivity index (χ0) is 23.0. The third-order valence-electron chi connectivity index (χ3n) is 7.99. The molecule has 1 heteroatoms. The van der Waals surface area contributed by atoms with Crippen molar-refractivity contribution >= 4 is 11.6 Å². The van der Waals surface area contributed by atoms with Gasteiger partial charge in [-0.25, -0.2) is 0 Å². The van der Waals surface area contributed by atoms with Crippen molar-refractivity contribution in [2.75, 3.05) is 0 Å². The molecular formula is C32H29Cl. The van der Waals surface area contributed by atoms with E-state index < -0.39 is 0 Å². The maximum absolute atomic E-state index is 6.59. The second-order valence-electron chi connectivity index (χ2n) is 11.1. The monoisotopic (exact) mass is 448 g/mol. The van der Waals surface area contributed by atoms with Gasteiger partial charge in [0.2, 0.25) is 0 Å². The quantitative estimate of drug-likeness (QED) is 0.253. The maximum Gasteiger partial charge on any atom is 0.0713 e. The first-order valence-corrected chi connectivity index (χ1v) is 12.2. The molecule has 0 fully saturated rings. The van der Waals surface area contributed by atoms with Crippen LogP contribution in [0, 0.1) is 0 Å². The zero-order valence-electron chi connectivity index (χ0n) is 19.7. The summed E-state index contributed by atoms with van der Waals surface area (Å²) in [7, 11) is 0. The summed E-state index contributed by atoms with van der Waals surface area (Å²) >= 11 is 6.59. The fourth-order valence-electron chi connectivity index (χ4n) is 6.92. The Labute approximate surface area is 202 Å². The van der Waals surface area contributed by atoms with Crippen molar-refractivity contribution in [1.29, 1.82) is 0 Å². The van der Waals surface area contributed by atoms with Crippen LogP contribution in [0.25, 0.3) is 11.1 Å². The molecule has 0 radical (unpaired) electrons. The summed E-state index contributed by atoms with van der Waals surface area (Å²) in [5.74, 6) is 0. The lowest BCUT2D eigenvalue weighted by Gasteiger charge is -2.34. The van der Waals surface area contributed by atoms with E-state index in [2.05, 4.69) is 119 Å². The second-order valence-corrected chi connectivity index (χ2v) is 11.5. The minimum atomic E-state index is -0.365. The molecule has 0 nitrogen and oxygen atoms in total. The Kier molecular flexibility index (Phi) is 4.30. The van der Waals surface area contributed by atoms with E-state index in [1.54, 1.807) is 0 Å². The fourth-order valence-corrected chi connectivity index (χ4v) is 7.10. The highest BCUT2D eigenvalue weighted by atomic mass is 35.5. The highest BCUT2D eigenvalue weighted by Crippen LogP contribution is 2.60. The minimum absolute atomic E-state index is 0.138. The van der Waals surface area contributed by atoms with Crippen LogP contribution in [-0.4, -0.2) is 0 Å². The maximum atomic E-state index is 6.59. The number of halogens is 1. The number of hydrogen-bond donors (Lipinski definition) is 0. The minimum Gasteiger partial charge on any atom is -0.0843 e. The van der Waals surface area contributed by atoms with Gasteiger partial charge in [-0.2, -0.15) is 0 Å². The molecule has 0 saturated heterocycles. The summed E-state index contributed by atoms with van der Waals surface area (Å²) in [6.07, 6.45) is 1.16. The first kappa shape index (κ1) is 20.8. The molecule has 2 aliphatic carbocycles. The average Bonchev–Trinajstić information content (AvgIpc) is 3.18. The zero-order valence-corrected chi connectivity index (χ0v) is 20.5. The summed E-state index contributed by atoms with van der Waals surface area (Å²) in [6, 6.07) is 33.5. The van der Waals surface area contributed by atoms with Crippen molar-refractivity contribution in [2.24, 2.45) is 0 Å². The third kappa shape index (κ3) is 2.77. The standard InChI is InChI=1S/C32H29Cl/c1-30(2)20-31(3,4)29-19-27-25(18-28(29)30)24-17-23(33)15-16-26(24)32(27,21-11-7-5-8-12-21)22-13-9-6-10-14-22/h5-19H,20H2,1-4H3. The van der Waals surface area contributed by atoms with E-state index in [4.69, 9.17) is 11.6 Å².